The van der Waals surface area contributed by atoms with Gasteiger partial charge in [-0.1, -0.05) is 222 Å². The lowest BCUT2D eigenvalue weighted by Crippen LogP contribution is -2.26. The van der Waals surface area contributed by atoms with Gasteiger partial charge < -0.3 is 9.13 Å². The van der Waals surface area contributed by atoms with Crippen molar-refractivity contribution in [3.05, 3.63) is 334 Å². The third-order valence-electron chi connectivity index (χ3n) is 19.4. The predicted molar refractivity (Wildman–Crippen MR) is 346 cm³/mol. The highest BCUT2D eigenvalue weighted by Gasteiger charge is 2.53. The van der Waals surface area contributed by atoms with E-state index in [9.17, 15) is 0 Å². The van der Waals surface area contributed by atoms with Crippen molar-refractivity contribution in [3.8, 4) is 78.1 Å². The lowest BCUT2D eigenvalue weighted by atomic mass is 9.70. The van der Waals surface area contributed by atoms with E-state index in [1.807, 2.05) is 0 Å². The molecule has 4 aliphatic carbocycles. The van der Waals surface area contributed by atoms with Gasteiger partial charge in [-0.25, -0.2) is 0 Å². The van der Waals surface area contributed by atoms with E-state index >= 15 is 0 Å². The Balaban J connectivity index is 0.733. The Morgan fingerprint density at radius 1 is 0.217 bits per heavy atom. The minimum atomic E-state index is -0.419. The van der Waals surface area contributed by atoms with Gasteiger partial charge in [0.1, 0.15) is 0 Å². The second-order valence-electron chi connectivity index (χ2n) is 23.1. The first kappa shape index (κ1) is 45.6. The molecule has 0 aliphatic heterocycles. The molecule has 0 radical (unpaired) electrons. The van der Waals surface area contributed by atoms with Crippen LogP contribution in [0.25, 0.3) is 122 Å². The second-order valence-corrected chi connectivity index (χ2v) is 24.0. The fraction of sp³-hybridized carbons (Fsp3) is 0.0250. The Morgan fingerprint density at radius 3 is 0.880 bits per heavy atom. The van der Waals surface area contributed by atoms with Crippen molar-refractivity contribution in [3.63, 3.8) is 0 Å². The largest absolute Gasteiger partial charge is 0.309 e. The van der Waals surface area contributed by atoms with E-state index < -0.39 is 10.8 Å². The van der Waals surface area contributed by atoms with Gasteiger partial charge in [-0.2, -0.15) is 0 Å². The van der Waals surface area contributed by atoms with Crippen molar-refractivity contribution in [2.45, 2.75) is 10.8 Å². The van der Waals surface area contributed by atoms with Gasteiger partial charge in [0.2, 0.25) is 0 Å². The van der Waals surface area contributed by atoms with Gasteiger partial charge in [-0.3, -0.25) is 0 Å². The number of para-hydroxylation sites is 2. The van der Waals surface area contributed by atoms with Gasteiger partial charge in [-0.15, -0.1) is 0 Å². The summed E-state index contributed by atoms with van der Waals surface area (Å²) < 4.78 is 6.02. The molecule has 0 fully saturated rings. The maximum absolute atomic E-state index is 4.01. The fourth-order valence-electron chi connectivity index (χ4n) is 16.2. The smallest absolute Gasteiger partial charge is 0.0726 e. The van der Waals surface area contributed by atoms with Gasteiger partial charge in [0, 0.05) is 37.4 Å². The summed E-state index contributed by atoms with van der Waals surface area (Å²) in [6.45, 7) is 0. The van der Waals surface area contributed by atoms with E-state index in [0.29, 0.717) is 0 Å². The number of benzene rings is 13. The van der Waals surface area contributed by atoms with E-state index in [4.69, 9.17) is 0 Å². The van der Waals surface area contributed by atoms with Crippen LogP contribution in [-0.2, 0) is 10.8 Å². The van der Waals surface area contributed by atoms with Crippen LogP contribution in [0.1, 0.15) is 44.5 Å². The summed E-state index contributed by atoms with van der Waals surface area (Å²) in [7, 11) is 0. The van der Waals surface area contributed by atoms with Crippen molar-refractivity contribution >= 4 is 59.5 Å². The number of hydrogen-bond donors (Lipinski definition) is 0. The van der Waals surface area contributed by atoms with Crippen molar-refractivity contribution in [2.24, 2.45) is 0 Å². The summed E-state index contributed by atoms with van der Waals surface area (Å²) in [4.78, 5) is 0. The van der Waals surface area contributed by atoms with E-state index in [2.05, 4.69) is 310 Å². The SMILES string of the molecule is Brc1cc(-c2ccc3c(c2)c2ccccc2n3-c2ccc3c(c2)C2(c4ccccc4-c4ccccc42)c2ccccc2-3)cc(-c2ccc3c(c2)c2ccccc2n3-c2ccc3c(c2)C2(c4ccccc4-c4ccccc42)c2ccccc2-3)c1. The highest BCUT2D eigenvalue weighted by molar-refractivity contribution is 9.10. The van der Waals surface area contributed by atoms with Gasteiger partial charge >= 0.3 is 0 Å². The molecule has 3 heteroatoms. The number of nitrogens with zero attached hydrogens (tertiary/aromatic N) is 2. The molecule has 0 saturated carbocycles. The molecule has 0 N–H and O–H groups in total. The van der Waals surface area contributed by atoms with Crippen molar-refractivity contribution in [2.75, 3.05) is 0 Å². The molecule has 4 aliphatic rings. The van der Waals surface area contributed by atoms with Crippen molar-refractivity contribution in [1.82, 2.24) is 9.13 Å². The number of halogens is 1. The zero-order valence-electron chi connectivity index (χ0n) is 44.9. The third kappa shape index (κ3) is 5.82. The van der Waals surface area contributed by atoms with Crippen molar-refractivity contribution in [1.29, 1.82) is 0 Å². The van der Waals surface area contributed by atoms with E-state index in [1.165, 1.54) is 144 Å². The van der Waals surface area contributed by atoms with Crippen LogP contribution in [0.4, 0.5) is 0 Å². The average molecular weight is 1120 g/mol. The molecule has 0 bridgehead atoms. The Labute approximate surface area is 488 Å². The molecule has 0 saturated heterocycles. The first-order valence-corrected chi connectivity index (χ1v) is 29.6. The highest BCUT2D eigenvalue weighted by atomic mass is 79.9. The molecule has 83 heavy (non-hydrogen) atoms. The van der Waals surface area contributed by atoms with Crippen LogP contribution < -0.4 is 0 Å². The zero-order valence-corrected chi connectivity index (χ0v) is 46.5. The predicted octanol–water partition coefficient (Wildman–Crippen LogP) is 20.7. The first-order valence-electron chi connectivity index (χ1n) is 28.8. The molecule has 0 amide bonds. The number of aromatic nitrogens is 2. The van der Waals surface area contributed by atoms with Gasteiger partial charge in [0.15, 0.2) is 0 Å². The minimum Gasteiger partial charge on any atom is -0.309 e. The minimum absolute atomic E-state index is 0.419. The molecule has 15 aromatic rings. The number of fused-ring (bicyclic) bond motifs is 26. The maximum atomic E-state index is 4.01. The Hall–Kier alpha value is -10.1. The highest BCUT2D eigenvalue weighted by Crippen LogP contribution is 2.65. The van der Waals surface area contributed by atoms with E-state index in [-0.39, 0.29) is 0 Å². The van der Waals surface area contributed by atoms with Crippen LogP contribution in [-0.4, -0.2) is 9.13 Å². The number of hydrogen-bond acceptors (Lipinski definition) is 0. The van der Waals surface area contributed by atoms with Crippen LogP contribution in [0, 0.1) is 0 Å². The third-order valence-corrected chi connectivity index (χ3v) is 19.8. The van der Waals surface area contributed by atoms with Crippen LogP contribution in [0.3, 0.4) is 0 Å². The Kier molecular flexibility index (Phi) is 9.10. The van der Waals surface area contributed by atoms with Crippen LogP contribution >= 0.6 is 15.9 Å². The summed E-state index contributed by atoms with van der Waals surface area (Å²) in [5, 5.41) is 4.92. The summed E-state index contributed by atoms with van der Waals surface area (Å²) in [5.41, 5.74) is 32.2. The molecular formula is C80H47BrN2. The average Bonchev–Trinajstić information content (AvgIpc) is 2.12. The molecule has 0 atom stereocenters. The van der Waals surface area contributed by atoms with Gasteiger partial charge in [0.05, 0.1) is 32.9 Å². The van der Waals surface area contributed by atoms with Gasteiger partial charge in [-0.05, 0) is 190 Å². The Morgan fingerprint density at radius 2 is 0.518 bits per heavy atom. The molecule has 13 aromatic carbocycles. The molecule has 2 aromatic heterocycles. The summed E-state index contributed by atoms with van der Waals surface area (Å²) in [5.74, 6) is 0. The second kappa shape index (κ2) is 16.5. The van der Waals surface area contributed by atoms with Crippen molar-refractivity contribution < 1.29 is 0 Å². The standard InChI is InChI=1S/C80H47BrN2/c81-52-42-50(48-33-39-77-65(44-48)63-23-7-15-31-75(63)82(77)53-35-37-61-59-21-5-13-29-71(59)79(73(61)46-53)67-25-9-1-17-55(67)56-18-2-10-26-68(56)79)41-51(43-52)49-34-40-78-66(45-49)64-24-8-16-32-76(64)83(78)54-36-38-62-60-22-6-14-30-72(60)80(74(62)47-54)69-27-11-3-19-57(69)58-20-4-12-28-70(58)80/h1-47H. The molecule has 384 valence electrons. The van der Waals surface area contributed by atoms with Crippen LogP contribution in [0.2, 0.25) is 0 Å². The summed E-state index contributed by atoms with van der Waals surface area (Å²) >= 11 is 4.01. The molecular weight excluding hydrogens is 1070 g/mol. The molecule has 0 unspecified atom stereocenters. The maximum Gasteiger partial charge on any atom is 0.0726 e. The van der Waals surface area contributed by atoms with E-state index in [0.717, 1.165) is 27.0 Å². The lowest BCUT2D eigenvalue weighted by Gasteiger charge is -2.30. The topological polar surface area (TPSA) is 9.86 Å². The monoisotopic (exact) mass is 1110 g/mol. The summed E-state index contributed by atoms with van der Waals surface area (Å²) in [6.07, 6.45) is 0. The van der Waals surface area contributed by atoms with Crippen LogP contribution in [0.5, 0.6) is 0 Å². The molecule has 19 rings (SSSR count). The molecule has 2 nitrogen and oxygen atoms in total. The number of rotatable bonds is 4. The lowest BCUT2D eigenvalue weighted by molar-refractivity contribution is 0.792. The fourth-order valence-corrected chi connectivity index (χ4v) is 16.7. The molecule has 2 spiro atoms. The van der Waals surface area contributed by atoms with Gasteiger partial charge in [0.25, 0.3) is 0 Å². The first-order chi connectivity index (χ1) is 41.1. The zero-order chi connectivity index (χ0) is 54.3. The van der Waals surface area contributed by atoms with E-state index in [1.54, 1.807) is 0 Å². The quantitative estimate of drug-likeness (QED) is 0.166. The molecule has 2 heterocycles. The Bertz CT molecular complexity index is 4920. The van der Waals surface area contributed by atoms with Crippen LogP contribution in [0.15, 0.2) is 290 Å². The normalized spacial score (nSPS) is 14.0. The summed E-state index contributed by atoms with van der Waals surface area (Å²) in [6, 6.07) is 108.